The third-order valence-corrected chi connectivity index (χ3v) is 7.83. The second-order valence-corrected chi connectivity index (χ2v) is 10.3. The first-order valence-corrected chi connectivity index (χ1v) is 12.3. The minimum Gasteiger partial charge on any atom is -0.507 e. The first-order chi connectivity index (χ1) is 17.9. The van der Waals surface area contributed by atoms with Crippen LogP contribution in [0.3, 0.4) is 0 Å². The van der Waals surface area contributed by atoms with Gasteiger partial charge in [-0.3, -0.25) is 14.4 Å². The van der Waals surface area contributed by atoms with Gasteiger partial charge in [-0.05, 0) is 19.4 Å². The SMILES string of the molecule is Cc1cccc2c1C(=O)c1c(O)c3c(c(O)c1C2=O)C[C@@](O)(C(=O)CO)C[C@@H]3O[C@H]1C[C@@H](N)[C@H](O)C(C)O1. The zero-order chi connectivity index (χ0) is 27.7. The fourth-order valence-corrected chi connectivity index (χ4v) is 5.78. The van der Waals surface area contributed by atoms with Crippen LogP contribution in [0.2, 0.25) is 0 Å². The van der Waals surface area contributed by atoms with Crippen molar-refractivity contribution in [2.24, 2.45) is 5.73 Å². The van der Waals surface area contributed by atoms with Gasteiger partial charge in [0.1, 0.15) is 23.7 Å². The number of hydrogen-bond acceptors (Lipinski definition) is 11. The Morgan fingerprint density at radius 3 is 2.50 bits per heavy atom. The van der Waals surface area contributed by atoms with Gasteiger partial charge in [0, 0.05) is 47.6 Å². The van der Waals surface area contributed by atoms with Crippen LogP contribution in [0.5, 0.6) is 11.5 Å². The molecule has 6 atom stereocenters. The molecule has 2 aliphatic carbocycles. The van der Waals surface area contributed by atoms with E-state index in [1.807, 2.05) is 0 Å². The van der Waals surface area contributed by atoms with E-state index >= 15 is 0 Å². The monoisotopic (exact) mass is 527 g/mol. The molecule has 0 saturated carbocycles. The van der Waals surface area contributed by atoms with Crippen LogP contribution >= 0.6 is 0 Å². The molecule has 11 heteroatoms. The van der Waals surface area contributed by atoms with Crippen LogP contribution in [-0.4, -0.2) is 79.6 Å². The van der Waals surface area contributed by atoms with Crippen LogP contribution < -0.4 is 5.73 Å². The molecule has 0 spiro atoms. The molecule has 0 aromatic heterocycles. The highest BCUT2D eigenvalue weighted by atomic mass is 16.7. The minimum atomic E-state index is -2.22. The van der Waals surface area contributed by atoms with Crippen molar-refractivity contribution in [3.8, 4) is 11.5 Å². The van der Waals surface area contributed by atoms with Gasteiger partial charge in [-0.25, -0.2) is 0 Å². The fourth-order valence-electron chi connectivity index (χ4n) is 5.78. The molecule has 0 amide bonds. The first-order valence-electron chi connectivity index (χ1n) is 12.3. The lowest BCUT2D eigenvalue weighted by Gasteiger charge is -2.42. The number of phenolic OH excluding ortho intramolecular Hbond substituents is 2. The van der Waals surface area contributed by atoms with Crippen molar-refractivity contribution >= 4 is 17.3 Å². The Bertz CT molecular complexity index is 1360. The summed E-state index contributed by atoms with van der Waals surface area (Å²) in [4.78, 5) is 39.6. The second kappa shape index (κ2) is 9.23. The largest absolute Gasteiger partial charge is 0.507 e. The first kappa shape index (κ1) is 26.4. The summed E-state index contributed by atoms with van der Waals surface area (Å²) >= 11 is 0. The third-order valence-electron chi connectivity index (χ3n) is 7.83. The number of aryl methyl sites for hydroxylation is 1. The maximum atomic E-state index is 13.6. The number of aliphatic hydroxyl groups is 3. The molecule has 5 rings (SSSR count). The number of fused-ring (bicyclic) bond motifs is 3. The molecule has 2 aromatic carbocycles. The highest BCUT2D eigenvalue weighted by Crippen LogP contribution is 2.52. The van der Waals surface area contributed by atoms with Gasteiger partial charge >= 0.3 is 0 Å². The van der Waals surface area contributed by atoms with Crippen molar-refractivity contribution < 1.29 is 49.4 Å². The summed E-state index contributed by atoms with van der Waals surface area (Å²) in [5.41, 5.74) is 3.38. The molecule has 38 heavy (non-hydrogen) atoms. The predicted molar refractivity (Wildman–Crippen MR) is 130 cm³/mol. The molecular formula is C27H29NO10. The summed E-state index contributed by atoms with van der Waals surface area (Å²) in [5.74, 6) is -3.60. The number of aromatic hydroxyl groups is 2. The standard InChI is InChI=1S/C27H29NO10/c1-10-4-3-5-12-18(10)25(34)21-20(23(12)32)24(33)13-7-27(36,16(30)9-29)8-15(19(13)26(21)35)38-17-6-14(28)22(31)11(2)37-17/h3-5,11,14-15,17,22,29,31,33,35-36H,6-9,28H2,1-2H3/t11?,14-,15+,17+,22-,27+/m1/s1. The van der Waals surface area contributed by atoms with E-state index in [0.717, 1.165) is 0 Å². The Hall–Kier alpha value is -3.19. The van der Waals surface area contributed by atoms with Crippen molar-refractivity contribution in [2.45, 2.75) is 69.4 Å². The summed E-state index contributed by atoms with van der Waals surface area (Å²) < 4.78 is 11.7. The number of ether oxygens (including phenoxy) is 2. The van der Waals surface area contributed by atoms with Crippen LogP contribution in [-0.2, 0) is 20.7 Å². The fraction of sp³-hybridized carbons (Fsp3) is 0.444. The molecule has 0 bridgehead atoms. The molecule has 3 aliphatic rings. The number of carbonyl (C=O) groups is 3. The van der Waals surface area contributed by atoms with Gasteiger partial charge in [0.2, 0.25) is 0 Å². The lowest BCUT2D eigenvalue weighted by Crippen LogP contribution is -2.53. The molecule has 1 fully saturated rings. The number of aliphatic hydroxyl groups excluding tert-OH is 2. The van der Waals surface area contributed by atoms with E-state index in [9.17, 15) is 39.9 Å². The summed E-state index contributed by atoms with van der Waals surface area (Å²) in [6.07, 6.45) is -4.98. The molecule has 7 N–H and O–H groups in total. The second-order valence-electron chi connectivity index (χ2n) is 10.3. The van der Waals surface area contributed by atoms with E-state index in [1.165, 1.54) is 6.07 Å². The maximum absolute atomic E-state index is 13.6. The Morgan fingerprint density at radius 1 is 1.16 bits per heavy atom. The van der Waals surface area contributed by atoms with E-state index in [4.69, 9.17) is 15.2 Å². The molecule has 1 heterocycles. The summed E-state index contributed by atoms with van der Waals surface area (Å²) in [6.45, 7) is 2.23. The topological polar surface area (TPSA) is 197 Å². The summed E-state index contributed by atoms with van der Waals surface area (Å²) in [7, 11) is 0. The maximum Gasteiger partial charge on any atom is 0.198 e. The lowest BCUT2D eigenvalue weighted by molar-refractivity contribution is -0.247. The quantitative estimate of drug-likeness (QED) is 0.255. The van der Waals surface area contributed by atoms with Gasteiger partial charge in [0.05, 0.1) is 29.4 Å². The third kappa shape index (κ3) is 3.85. The number of nitrogens with two attached hydrogens (primary N) is 1. The number of carbonyl (C=O) groups excluding carboxylic acids is 3. The van der Waals surface area contributed by atoms with Gasteiger partial charge in [-0.2, -0.15) is 0 Å². The predicted octanol–water partition coefficient (Wildman–Crippen LogP) is 0.301. The number of benzene rings is 2. The molecule has 2 aromatic rings. The molecular weight excluding hydrogens is 498 g/mol. The minimum absolute atomic E-state index is 0.0331. The van der Waals surface area contributed by atoms with Crippen molar-refractivity contribution in [1.29, 1.82) is 0 Å². The smallest absolute Gasteiger partial charge is 0.198 e. The zero-order valence-electron chi connectivity index (χ0n) is 20.8. The van der Waals surface area contributed by atoms with E-state index in [2.05, 4.69) is 0 Å². The van der Waals surface area contributed by atoms with Crippen LogP contribution in [0.1, 0.15) is 74.4 Å². The number of rotatable bonds is 4. The van der Waals surface area contributed by atoms with Crippen LogP contribution in [0, 0.1) is 6.92 Å². The van der Waals surface area contributed by atoms with E-state index in [1.54, 1.807) is 26.0 Å². The zero-order valence-corrected chi connectivity index (χ0v) is 20.8. The normalized spacial score (nSPS) is 30.4. The van der Waals surface area contributed by atoms with Crippen molar-refractivity contribution in [2.75, 3.05) is 6.61 Å². The Labute approximate surface area is 217 Å². The van der Waals surface area contributed by atoms with Crippen molar-refractivity contribution in [3.63, 3.8) is 0 Å². The van der Waals surface area contributed by atoms with Crippen LogP contribution in [0.4, 0.5) is 0 Å². The summed E-state index contributed by atoms with van der Waals surface area (Å²) in [6, 6.07) is 3.97. The summed E-state index contributed by atoms with van der Waals surface area (Å²) in [5, 5.41) is 53.6. The molecule has 0 radical (unpaired) electrons. The van der Waals surface area contributed by atoms with Gasteiger partial charge < -0.3 is 40.7 Å². The average molecular weight is 528 g/mol. The van der Waals surface area contributed by atoms with Crippen molar-refractivity contribution in [1.82, 2.24) is 0 Å². The van der Waals surface area contributed by atoms with Gasteiger partial charge in [-0.1, -0.05) is 18.2 Å². The highest BCUT2D eigenvalue weighted by Gasteiger charge is 2.50. The number of ketones is 3. The molecule has 1 aliphatic heterocycles. The Morgan fingerprint density at radius 2 is 1.84 bits per heavy atom. The molecule has 1 unspecified atom stereocenters. The van der Waals surface area contributed by atoms with E-state index in [0.29, 0.717) is 5.56 Å². The van der Waals surface area contributed by atoms with Gasteiger partial charge in [-0.15, -0.1) is 0 Å². The van der Waals surface area contributed by atoms with Crippen LogP contribution in [0.25, 0.3) is 0 Å². The van der Waals surface area contributed by atoms with Gasteiger partial charge in [0.25, 0.3) is 0 Å². The number of hydrogen-bond donors (Lipinski definition) is 6. The Balaban J connectivity index is 1.68. The highest BCUT2D eigenvalue weighted by molar-refractivity contribution is 6.31. The Kier molecular flexibility index (Phi) is 6.41. The lowest BCUT2D eigenvalue weighted by atomic mass is 9.71. The number of Topliss-reactive ketones (excluding diaryl/α,β-unsaturated/α-hetero) is 1. The molecule has 1 saturated heterocycles. The van der Waals surface area contributed by atoms with Crippen molar-refractivity contribution in [3.05, 3.63) is 57.1 Å². The number of phenols is 2. The van der Waals surface area contributed by atoms with E-state index < -0.39 is 95.7 Å². The average Bonchev–Trinajstić information content (AvgIpc) is 2.86. The molecule has 202 valence electrons. The van der Waals surface area contributed by atoms with Gasteiger partial charge in [0.15, 0.2) is 23.6 Å². The molecule has 11 nitrogen and oxygen atoms in total. The van der Waals surface area contributed by atoms with Crippen LogP contribution in [0.15, 0.2) is 18.2 Å². The van der Waals surface area contributed by atoms with E-state index in [-0.39, 0.29) is 28.7 Å².